The number of ether oxygens (including phenoxy) is 3. The number of nitrogens with one attached hydrogen (secondary N) is 1. The van der Waals surface area contributed by atoms with E-state index in [4.69, 9.17) is 14.2 Å². The van der Waals surface area contributed by atoms with Gasteiger partial charge in [0, 0.05) is 6.54 Å². The number of carbonyl (C=O) groups excluding carboxylic acids is 1. The number of benzene rings is 2. The Morgan fingerprint density at radius 2 is 1.69 bits per heavy atom. The third-order valence-electron chi connectivity index (χ3n) is 5.04. The molecule has 2 rings (SSSR count). The van der Waals surface area contributed by atoms with Crippen LogP contribution in [-0.2, 0) is 11.2 Å². The Hall–Kier alpha value is -2.73. The maximum Gasteiger partial charge on any atom is 0.224 e. The number of hydrogen-bond acceptors (Lipinski definition) is 5. The first kappa shape index (κ1) is 22.6. The van der Waals surface area contributed by atoms with E-state index in [2.05, 4.69) is 30.1 Å². The monoisotopic (exact) mass is 400 g/mol. The summed E-state index contributed by atoms with van der Waals surface area (Å²) in [7, 11) is 4.84. The van der Waals surface area contributed by atoms with E-state index in [1.807, 2.05) is 36.4 Å². The van der Waals surface area contributed by atoms with E-state index in [-0.39, 0.29) is 18.4 Å². The first-order valence-corrected chi connectivity index (χ1v) is 9.91. The van der Waals surface area contributed by atoms with E-state index >= 15 is 0 Å². The lowest BCUT2D eigenvalue weighted by atomic mass is 10.0. The van der Waals surface area contributed by atoms with Crippen LogP contribution >= 0.6 is 0 Å². The molecule has 0 aliphatic heterocycles. The van der Waals surface area contributed by atoms with Gasteiger partial charge in [-0.05, 0) is 48.5 Å². The van der Waals surface area contributed by atoms with E-state index in [1.54, 1.807) is 21.3 Å². The summed E-state index contributed by atoms with van der Waals surface area (Å²) in [5.41, 5.74) is 2.00. The van der Waals surface area contributed by atoms with Gasteiger partial charge in [-0.15, -0.1) is 0 Å². The highest BCUT2D eigenvalue weighted by atomic mass is 16.5. The van der Waals surface area contributed by atoms with Crippen LogP contribution in [-0.4, -0.2) is 51.8 Å². The van der Waals surface area contributed by atoms with Gasteiger partial charge in [0.05, 0.1) is 33.8 Å². The fourth-order valence-electron chi connectivity index (χ4n) is 3.42. The summed E-state index contributed by atoms with van der Waals surface area (Å²) in [5.74, 6) is 2.06. The van der Waals surface area contributed by atoms with Gasteiger partial charge in [0.1, 0.15) is 5.75 Å². The molecule has 0 spiro atoms. The van der Waals surface area contributed by atoms with E-state index < -0.39 is 0 Å². The molecule has 0 saturated carbocycles. The minimum atomic E-state index is -0.0303. The van der Waals surface area contributed by atoms with E-state index in [0.717, 1.165) is 30.0 Å². The van der Waals surface area contributed by atoms with Crippen molar-refractivity contribution in [3.8, 4) is 17.2 Å². The molecular weight excluding hydrogens is 368 g/mol. The molecule has 29 heavy (non-hydrogen) atoms. The van der Waals surface area contributed by atoms with Crippen LogP contribution in [0.2, 0.25) is 0 Å². The van der Waals surface area contributed by atoms with Gasteiger partial charge in [-0.25, -0.2) is 0 Å². The molecule has 158 valence electrons. The molecule has 2 aromatic rings. The summed E-state index contributed by atoms with van der Waals surface area (Å²) >= 11 is 0. The zero-order chi connectivity index (χ0) is 21.2. The van der Waals surface area contributed by atoms with Crippen molar-refractivity contribution in [3.63, 3.8) is 0 Å². The largest absolute Gasteiger partial charge is 0.497 e. The smallest absolute Gasteiger partial charge is 0.224 e. The highest BCUT2D eigenvalue weighted by molar-refractivity contribution is 5.78. The van der Waals surface area contributed by atoms with Crippen molar-refractivity contribution in [2.24, 2.45) is 0 Å². The third-order valence-corrected chi connectivity index (χ3v) is 5.04. The van der Waals surface area contributed by atoms with Crippen molar-refractivity contribution in [1.82, 2.24) is 10.2 Å². The minimum absolute atomic E-state index is 0.0303. The number of likely N-dealkylation sites (N-methyl/N-ethyl adjacent to an activating group) is 1. The molecule has 6 heteroatoms. The van der Waals surface area contributed by atoms with E-state index in [9.17, 15) is 4.79 Å². The predicted octanol–water partition coefficient (Wildman–Crippen LogP) is 3.45. The first-order valence-electron chi connectivity index (χ1n) is 9.91. The predicted molar refractivity (Wildman–Crippen MR) is 115 cm³/mol. The number of nitrogens with zero attached hydrogens (tertiary/aromatic N) is 1. The molecule has 0 saturated heterocycles. The molecule has 0 radical (unpaired) electrons. The third kappa shape index (κ3) is 6.12. The van der Waals surface area contributed by atoms with Gasteiger partial charge in [-0.3, -0.25) is 9.69 Å². The summed E-state index contributed by atoms with van der Waals surface area (Å²) in [4.78, 5) is 14.9. The van der Waals surface area contributed by atoms with E-state index in [1.165, 1.54) is 0 Å². The number of amides is 1. The molecule has 0 aromatic heterocycles. The average molecular weight is 401 g/mol. The van der Waals surface area contributed by atoms with Crippen LogP contribution < -0.4 is 19.5 Å². The van der Waals surface area contributed by atoms with E-state index in [0.29, 0.717) is 18.0 Å². The molecule has 0 aliphatic carbocycles. The number of rotatable bonds is 11. The Balaban J connectivity index is 2.09. The van der Waals surface area contributed by atoms with Gasteiger partial charge in [-0.2, -0.15) is 0 Å². The van der Waals surface area contributed by atoms with Crippen molar-refractivity contribution in [1.29, 1.82) is 0 Å². The molecule has 0 bridgehead atoms. The zero-order valence-electron chi connectivity index (χ0n) is 18.0. The Morgan fingerprint density at radius 3 is 2.31 bits per heavy atom. The fraction of sp³-hybridized carbons (Fsp3) is 0.435. The Kier molecular flexibility index (Phi) is 8.80. The molecule has 0 fully saturated rings. The normalized spacial score (nSPS) is 11.8. The first-order chi connectivity index (χ1) is 14.1. The SMILES string of the molecule is CCN(CC)C(CNC(=O)Cc1ccc(OC)c(OC)c1)c1cccc(OC)c1. The summed E-state index contributed by atoms with van der Waals surface area (Å²) < 4.78 is 15.9. The van der Waals surface area contributed by atoms with Crippen LogP contribution in [0.5, 0.6) is 17.2 Å². The quantitative estimate of drug-likeness (QED) is 0.626. The van der Waals surface area contributed by atoms with Gasteiger partial charge >= 0.3 is 0 Å². The van der Waals surface area contributed by atoms with Gasteiger partial charge in [0.2, 0.25) is 5.91 Å². The van der Waals surface area contributed by atoms with Crippen LogP contribution in [0.15, 0.2) is 42.5 Å². The van der Waals surface area contributed by atoms with Crippen molar-refractivity contribution in [2.75, 3.05) is 41.0 Å². The van der Waals surface area contributed by atoms with Gasteiger partial charge in [-0.1, -0.05) is 32.0 Å². The lowest BCUT2D eigenvalue weighted by Gasteiger charge is -2.30. The molecule has 1 atom stereocenters. The van der Waals surface area contributed by atoms with Crippen molar-refractivity contribution < 1.29 is 19.0 Å². The summed E-state index contributed by atoms with van der Waals surface area (Å²) in [6.07, 6.45) is 0.281. The Bertz CT molecular complexity index is 790. The highest BCUT2D eigenvalue weighted by Gasteiger charge is 2.19. The second-order valence-electron chi connectivity index (χ2n) is 6.68. The summed E-state index contributed by atoms with van der Waals surface area (Å²) in [6, 6.07) is 13.6. The molecule has 1 amide bonds. The van der Waals surface area contributed by atoms with Crippen LogP contribution in [0, 0.1) is 0 Å². The average Bonchev–Trinajstić information content (AvgIpc) is 2.76. The highest BCUT2D eigenvalue weighted by Crippen LogP contribution is 2.28. The summed E-state index contributed by atoms with van der Waals surface area (Å²) in [6.45, 7) is 6.57. The molecule has 0 aliphatic rings. The van der Waals surface area contributed by atoms with Gasteiger partial charge in [0.25, 0.3) is 0 Å². The molecule has 1 N–H and O–H groups in total. The van der Waals surface area contributed by atoms with Crippen molar-refractivity contribution in [2.45, 2.75) is 26.3 Å². The minimum Gasteiger partial charge on any atom is -0.497 e. The maximum atomic E-state index is 12.6. The maximum absolute atomic E-state index is 12.6. The van der Waals surface area contributed by atoms with Gasteiger partial charge in [0.15, 0.2) is 11.5 Å². The Morgan fingerprint density at radius 1 is 0.966 bits per heavy atom. The van der Waals surface area contributed by atoms with Crippen molar-refractivity contribution >= 4 is 5.91 Å². The van der Waals surface area contributed by atoms with Crippen LogP contribution in [0.4, 0.5) is 0 Å². The second kappa shape index (κ2) is 11.3. The number of carbonyl (C=O) groups is 1. The number of hydrogen-bond donors (Lipinski definition) is 1. The molecule has 1 unspecified atom stereocenters. The van der Waals surface area contributed by atoms with Gasteiger partial charge < -0.3 is 19.5 Å². The molecule has 0 heterocycles. The topological polar surface area (TPSA) is 60.0 Å². The Labute approximate surface area is 173 Å². The molecule has 2 aromatic carbocycles. The fourth-order valence-corrected chi connectivity index (χ4v) is 3.42. The number of methoxy groups -OCH3 is 3. The lowest BCUT2D eigenvalue weighted by Crippen LogP contribution is -2.38. The lowest BCUT2D eigenvalue weighted by molar-refractivity contribution is -0.120. The van der Waals surface area contributed by atoms with Crippen LogP contribution in [0.25, 0.3) is 0 Å². The second-order valence-corrected chi connectivity index (χ2v) is 6.68. The standard InChI is InChI=1S/C23H32N2O4/c1-6-25(7-2)20(18-9-8-10-19(15-18)27-3)16-24-23(26)14-17-11-12-21(28-4)22(13-17)29-5/h8-13,15,20H,6-7,14,16H2,1-5H3,(H,24,26). The zero-order valence-corrected chi connectivity index (χ0v) is 18.0. The molecular formula is C23H32N2O4. The molecule has 6 nitrogen and oxygen atoms in total. The van der Waals surface area contributed by atoms with Crippen LogP contribution in [0.3, 0.4) is 0 Å². The van der Waals surface area contributed by atoms with Crippen LogP contribution in [0.1, 0.15) is 31.0 Å². The van der Waals surface area contributed by atoms with Crippen molar-refractivity contribution in [3.05, 3.63) is 53.6 Å². The summed E-state index contributed by atoms with van der Waals surface area (Å²) in [5, 5.41) is 3.09.